The summed E-state index contributed by atoms with van der Waals surface area (Å²) in [6.45, 7) is 0.699. The molecule has 0 unspecified atom stereocenters. The highest BCUT2D eigenvalue weighted by molar-refractivity contribution is 14.1. The molecule has 2 rings (SSSR count). The number of esters is 1. The largest absolute Gasteiger partial charge is 0.492 e. The molecule has 0 heterocycles. The van der Waals surface area contributed by atoms with Gasteiger partial charge < -0.3 is 9.47 Å². The van der Waals surface area contributed by atoms with Crippen LogP contribution in [0.5, 0.6) is 5.75 Å². The minimum Gasteiger partial charge on any atom is -0.492 e. The second-order valence-electron chi connectivity index (χ2n) is 3.89. The zero-order valence-electron chi connectivity index (χ0n) is 9.03. The number of carbonyl (C=O) groups is 1. The highest BCUT2D eigenvalue weighted by Crippen LogP contribution is 2.30. The van der Waals surface area contributed by atoms with Gasteiger partial charge in [-0.2, -0.15) is 0 Å². The Labute approximate surface area is 108 Å². The molecule has 0 aliphatic heterocycles. The van der Waals surface area contributed by atoms with Gasteiger partial charge in [0.2, 0.25) is 0 Å². The van der Waals surface area contributed by atoms with E-state index in [-0.39, 0.29) is 5.97 Å². The Morgan fingerprint density at radius 3 is 2.88 bits per heavy atom. The molecule has 0 aromatic heterocycles. The van der Waals surface area contributed by atoms with E-state index in [1.807, 2.05) is 12.1 Å². The van der Waals surface area contributed by atoms with E-state index >= 15 is 0 Å². The second kappa shape index (κ2) is 5.03. The lowest BCUT2D eigenvalue weighted by Gasteiger charge is -2.10. The molecular formula is C12H13IO3. The van der Waals surface area contributed by atoms with Gasteiger partial charge >= 0.3 is 5.97 Å². The molecule has 0 amide bonds. The molecule has 1 aromatic rings. The van der Waals surface area contributed by atoms with Crippen LogP contribution in [0.1, 0.15) is 23.2 Å². The lowest BCUT2D eigenvalue weighted by atomic mass is 10.2. The van der Waals surface area contributed by atoms with E-state index in [0.717, 1.165) is 3.57 Å². The Balaban J connectivity index is 2.16. The maximum atomic E-state index is 11.5. The fraction of sp³-hybridized carbons (Fsp3) is 0.417. The van der Waals surface area contributed by atoms with Crippen LogP contribution in [0.3, 0.4) is 0 Å². The van der Waals surface area contributed by atoms with Gasteiger partial charge in [-0.25, -0.2) is 4.79 Å². The van der Waals surface area contributed by atoms with Crippen LogP contribution in [0.25, 0.3) is 0 Å². The molecule has 0 spiro atoms. The summed E-state index contributed by atoms with van der Waals surface area (Å²) in [5, 5.41) is 0. The fourth-order valence-electron chi connectivity index (χ4n) is 1.39. The van der Waals surface area contributed by atoms with Crippen molar-refractivity contribution in [2.75, 3.05) is 13.7 Å². The maximum absolute atomic E-state index is 11.5. The van der Waals surface area contributed by atoms with Gasteiger partial charge in [0.05, 0.1) is 13.7 Å². The monoisotopic (exact) mass is 332 g/mol. The van der Waals surface area contributed by atoms with Gasteiger partial charge in [-0.05, 0) is 59.5 Å². The van der Waals surface area contributed by atoms with Crippen molar-refractivity contribution < 1.29 is 14.3 Å². The minimum absolute atomic E-state index is 0.343. The molecule has 0 N–H and O–H groups in total. The number of hydrogen-bond donors (Lipinski definition) is 0. The molecule has 1 aliphatic rings. The van der Waals surface area contributed by atoms with Crippen molar-refractivity contribution in [2.45, 2.75) is 12.8 Å². The van der Waals surface area contributed by atoms with E-state index in [1.54, 1.807) is 6.07 Å². The van der Waals surface area contributed by atoms with Crippen molar-refractivity contribution in [3.63, 3.8) is 0 Å². The van der Waals surface area contributed by atoms with Crippen LogP contribution in [0.4, 0.5) is 0 Å². The summed E-state index contributed by atoms with van der Waals surface area (Å²) >= 11 is 2.16. The van der Waals surface area contributed by atoms with Gasteiger partial charge in [0, 0.05) is 3.57 Å². The standard InChI is InChI=1S/C12H13IO3/c1-15-12(14)10-6-9(13)4-5-11(10)16-7-8-2-3-8/h4-6,8H,2-3,7H2,1H3. The van der Waals surface area contributed by atoms with Crippen LogP contribution < -0.4 is 4.74 Å². The topological polar surface area (TPSA) is 35.5 Å². The molecule has 1 aliphatic carbocycles. The Hall–Kier alpha value is -0.780. The van der Waals surface area contributed by atoms with Crippen LogP contribution in [-0.4, -0.2) is 19.7 Å². The van der Waals surface area contributed by atoms with Crippen molar-refractivity contribution in [3.05, 3.63) is 27.3 Å². The summed E-state index contributed by atoms with van der Waals surface area (Å²) in [7, 11) is 1.38. The third kappa shape index (κ3) is 2.87. The third-order valence-electron chi connectivity index (χ3n) is 2.52. The number of rotatable bonds is 4. The van der Waals surface area contributed by atoms with Crippen LogP contribution in [0.2, 0.25) is 0 Å². The molecule has 3 nitrogen and oxygen atoms in total. The first-order valence-electron chi connectivity index (χ1n) is 5.21. The molecule has 1 saturated carbocycles. The number of halogens is 1. The molecule has 86 valence electrons. The van der Waals surface area contributed by atoms with Gasteiger partial charge in [0.25, 0.3) is 0 Å². The minimum atomic E-state index is -0.343. The molecule has 0 bridgehead atoms. The fourth-order valence-corrected chi connectivity index (χ4v) is 1.88. The Bertz CT molecular complexity index is 399. The summed E-state index contributed by atoms with van der Waals surface area (Å²) < 4.78 is 11.4. The van der Waals surface area contributed by atoms with Gasteiger partial charge in [-0.3, -0.25) is 0 Å². The number of hydrogen-bond acceptors (Lipinski definition) is 3. The predicted octanol–water partition coefficient (Wildman–Crippen LogP) is 2.87. The first kappa shape index (κ1) is 11.7. The normalized spacial score (nSPS) is 14.6. The van der Waals surface area contributed by atoms with Gasteiger partial charge in [-0.1, -0.05) is 0 Å². The Morgan fingerprint density at radius 1 is 1.50 bits per heavy atom. The first-order valence-corrected chi connectivity index (χ1v) is 6.29. The van der Waals surface area contributed by atoms with Crippen LogP contribution in [0, 0.1) is 9.49 Å². The van der Waals surface area contributed by atoms with Crippen LogP contribution in [-0.2, 0) is 4.74 Å². The number of ether oxygens (including phenoxy) is 2. The zero-order chi connectivity index (χ0) is 11.5. The van der Waals surface area contributed by atoms with Crippen molar-refractivity contribution in [1.82, 2.24) is 0 Å². The Morgan fingerprint density at radius 2 is 2.25 bits per heavy atom. The molecule has 0 atom stereocenters. The molecule has 1 fully saturated rings. The highest BCUT2D eigenvalue weighted by Gasteiger charge is 2.23. The van der Waals surface area contributed by atoms with Crippen molar-refractivity contribution >= 4 is 28.6 Å². The maximum Gasteiger partial charge on any atom is 0.341 e. The summed E-state index contributed by atoms with van der Waals surface area (Å²) in [6, 6.07) is 5.54. The SMILES string of the molecule is COC(=O)c1cc(I)ccc1OCC1CC1. The molecule has 0 saturated heterocycles. The van der Waals surface area contributed by atoms with Gasteiger partial charge in [-0.15, -0.1) is 0 Å². The van der Waals surface area contributed by atoms with Crippen LogP contribution in [0.15, 0.2) is 18.2 Å². The van der Waals surface area contributed by atoms with E-state index in [1.165, 1.54) is 20.0 Å². The van der Waals surface area contributed by atoms with E-state index in [4.69, 9.17) is 9.47 Å². The number of benzene rings is 1. The average molecular weight is 332 g/mol. The Kier molecular flexibility index (Phi) is 3.68. The smallest absolute Gasteiger partial charge is 0.341 e. The summed E-state index contributed by atoms with van der Waals surface area (Å²) in [4.78, 5) is 11.5. The van der Waals surface area contributed by atoms with Crippen LogP contribution >= 0.6 is 22.6 Å². The zero-order valence-corrected chi connectivity index (χ0v) is 11.2. The quantitative estimate of drug-likeness (QED) is 0.628. The third-order valence-corrected chi connectivity index (χ3v) is 3.19. The first-order chi connectivity index (χ1) is 7.70. The highest BCUT2D eigenvalue weighted by atomic mass is 127. The van der Waals surface area contributed by atoms with Crippen molar-refractivity contribution in [3.8, 4) is 5.75 Å². The van der Waals surface area contributed by atoms with Crippen molar-refractivity contribution in [2.24, 2.45) is 5.92 Å². The van der Waals surface area contributed by atoms with Gasteiger partial charge in [0.15, 0.2) is 0 Å². The number of carbonyl (C=O) groups excluding carboxylic acids is 1. The van der Waals surface area contributed by atoms with Gasteiger partial charge in [0.1, 0.15) is 11.3 Å². The van der Waals surface area contributed by atoms with Crippen molar-refractivity contribution in [1.29, 1.82) is 0 Å². The van der Waals surface area contributed by atoms with E-state index in [0.29, 0.717) is 23.8 Å². The molecule has 1 aromatic carbocycles. The molecule has 16 heavy (non-hydrogen) atoms. The average Bonchev–Trinajstić information content (AvgIpc) is 3.10. The predicted molar refractivity (Wildman–Crippen MR) is 68.7 cm³/mol. The molecular weight excluding hydrogens is 319 g/mol. The lowest BCUT2D eigenvalue weighted by Crippen LogP contribution is -2.07. The van der Waals surface area contributed by atoms with E-state index in [2.05, 4.69) is 22.6 Å². The molecule has 4 heteroatoms. The van der Waals surface area contributed by atoms with E-state index in [9.17, 15) is 4.79 Å². The second-order valence-corrected chi connectivity index (χ2v) is 5.13. The number of methoxy groups -OCH3 is 1. The molecule has 0 radical (unpaired) electrons. The van der Waals surface area contributed by atoms with E-state index < -0.39 is 0 Å². The summed E-state index contributed by atoms with van der Waals surface area (Å²) in [5.41, 5.74) is 0.509. The summed E-state index contributed by atoms with van der Waals surface area (Å²) in [5.74, 6) is 0.952. The summed E-state index contributed by atoms with van der Waals surface area (Å²) in [6.07, 6.45) is 2.47. The lowest BCUT2D eigenvalue weighted by molar-refractivity contribution is 0.0595.